The van der Waals surface area contributed by atoms with E-state index in [1.807, 2.05) is 36.4 Å². The van der Waals surface area contributed by atoms with Gasteiger partial charge in [-0.2, -0.15) is 0 Å². The van der Waals surface area contributed by atoms with Crippen molar-refractivity contribution in [3.05, 3.63) is 89.5 Å². The van der Waals surface area contributed by atoms with E-state index >= 15 is 0 Å². The van der Waals surface area contributed by atoms with Gasteiger partial charge < -0.3 is 18.9 Å². The Hall–Kier alpha value is -3.51. The van der Waals surface area contributed by atoms with Gasteiger partial charge in [0, 0.05) is 6.54 Å². The summed E-state index contributed by atoms with van der Waals surface area (Å²) in [5, 5.41) is 0. The van der Waals surface area contributed by atoms with E-state index in [0.29, 0.717) is 29.4 Å². The van der Waals surface area contributed by atoms with Crippen LogP contribution in [-0.4, -0.2) is 45.9 Å². The van der Waals surface area contributed by atoms with Crippen LogP contribution in [0.15, 0.2) is 72.8 Å². The monoisotopic (exact) mass is 463 g/mol. The lowest BCUT2D eigenvalue weighted by atomic mass is 9.86. The smallest absolute Gasteiger partial charge is 0.338 e. The Kier molecular flexibility index (Phi) is 8.55. The molecule has 0 fully saturated rings. The molecule has 0 saturated heterocycles. The highest BCUT2D eigenvalue weighted by Gasteiger charge is 2.36. The number of benzene rings is 3. The van der Waals surface area contributed by atoms with Gasteiger partial charge in [-0.25, -0.2) is 4.79 Å². The fourth-order valence-corrected chi connectivity index (χ4v) is 4.21. The molecule has 0 aliphatic rings. The Morgan fingerprint density at radius 1 is 0.853 bits per heavy atom. The summed E-state index contributed by atoms with van der Waals surface area (Å²) in [4.78, 5) is 15.4. The third-order valence-corrected chi connectivity index (χ3v) is 6.23. The zero-order valence-corrected chi connectivity index (χ0v) is 20.5. The van der Waals surface area contributed by atoms with Crippen molar-refractivity contribution < 1.29 is 23.7 Å². The summed E-state index contributed by atoms with van der Waals surface area (Å²) >= 11 is 0. The molecule has 0 heterocycles. The quantitative estimate of drug-likeness (QED) is 0.360. The minimum Gasteiger partial charge on any atom is -0.493 e. The van der Waals surface area contributed by atoms with Crippen molar-refractivity contribution in [2.24, 2.45) is 0 Å². The highest BCUT2D eigenvalue weighted by molar-refractivity contribution is 5.91. The van der Waals surface area contributed by atoms with Crippen LogP contribution in [0.25, 0.3) is 0 Å². The second-order valence-electron chi connectivity index (χ2n) is 8.08. The van der Waals surface area contributed by atoms with E-state index in [1.54, 1.807) is 12.1 Å². The molecule has 0 N–H and O–H groups in total. The SMILES string of the molecule is CC[C@](COC(=O)c1cc(OC)c(OC)c(OC)c1)(c1ccccc1)N(C)Cc1ccccc1. The lowest BCUT2D eigenvalue weighted by Crippen LogP contribution is -2.47. The van der Waals surface area contributed by atoms with E-state index in [-0.39, 0.29) is 6.61 Å². The highest BCUT2D eigenvalue weighted by Crippen LogP contribution is 2.39. The van der Waals surface area contributed by atoms with Crippen molar-refractivity contribution in [2.75, 3.05) is 35.0 Å². The van der Waals surface area contributed by atoms with Gasteiger partial charge >= 0.3 is 5.97 Å². The Bertz CT molecular complexity index is 1050. The first-order chi connectivity index (χ1) is 16.5. The van der Waals surface area contributed by atoms with Gasteiger partial charge in [-0.05, 0) is 36.7 Å². The van der Waals surface area contributed by atoms with Gasteiger partial charge in [0.2, 0.25) is 5.75 Å². The molecule has 0 bridgehead atoms. The van der Waals surface area contributed by atoms with Crippen molar-refractivity contribution in [3.63, 3.8) is 0 Å². The molecule has 0 aromatic heterocycles. The van der Waals surface area contributed by atoms with E-state index in [1.165, 1.54) is 26.9 Å². The Morgan fingerprint density at radius 3 is 1.91 bits per heavy atom. The minimum absolute atomic E-state index is 0.187. The number of ether oxygens (including phenoxy) is 4. The largest absolute Gasteiger partial charge is 0.493 e. The summed E-state index contributed by atoms with van der Waals surface area (Å²) in [7, 11) is 6.62. The predicted molar refractivity (Wildman–Crippen MR) is 133 cm³/mol. The number of hydrogen-bond donors (Lipinski definition) is 0. The minimum atomic E-state index is -0.507. The average Bonchev–Trinajstić information content (AvgIpc) is 2.89. The zero-order valence-electron chi connectivity index (χ0n) is 20.5. The van der Waals surface area contributed by atoms with Gasteiger partial charge in [-0.3, -0.25) is 4.90 Å². The summed E-state index contributed by atoms with van der Waals surface area (Å²) < 4.78 is 22.1. The molecule has 0 amide bonds. The summed E-state index contributed by atoms with van der Waals surface area (Å²) in [5.74, 6) is 0.775. The molecular formula is C28H33NO5. The first kappa shape index (κ1) is 25.1. The van der Waals surface area contributed by atoms with Gasteiger partial charge in [0.1, 0.15) is 6.61 Å². The lowest BCUT2D eigenvalue weighted by molar-refractivity contribution is 0.000985. The van der Waals surface area contributed by atoms with Crippen molar-refractivity contribution in [2.45, 2.75) is 25.4 Å². The number of methoxy groups -OCH3 is 3. The molecule has 0 saturated carbocycles. The number of rotatable bonds is 11. The van der Waals surface area contributed by atoms with E-state index < -0.39 is 11.5 Å². The third-order valence-electron chi connectivity index (χ3n) is 6.23. The molecule has 3 rings (SSSR count). The van der Waals surface area contributed by atoms with Gasteiger partial charge in [-0.15, -0.1) is 0 Å². The number of carbonyl (C=O) groups excluding carboxylic acids is 1. The molecule has 0 aliphatic heterocycles. The van der Waals surface area contributed by atoms with Crippen LogP contribution in [0.3, 0.4) is 0 Å². The lowest BCUT2D eigenvalue weighted by Gasteiger charge is -2.41. The van der Waals surface area contributed by atoms with Crippen LogP contribution in [0.4, 0.5) is 0 Å². The molecule has 0 unspecified atom stereocenters. The summed E-state index contributed by atoms with van der Waals surface area (Å²) in [6.45, 7) is 3.01. The average molecular weight is 464 g/mol. The topological polar surface area (TPSA) is 57.2 Å². The molecule has 3 aromatic carbocycles. The van der Waals surface area contributed by atoms with Crippen LogP contribution >= 0.6 is 0 Å². The van der Waals surface area contributed by atoms with Gasteiger partial charge in [0.05, 0.1) is 32.4 Å². The third kappa shape index (κ3) is 5.34. The molecule has 6 nitrogen and oxygen atoms in total. The summed E-state index contributed by atoms with van der Waals surface area (Å²) in [5.41, 5.74) is 2.11. The number of carbonyl (C=O) groups is 1. The Labute approximate surface area is 202 Å². The van der Waals surface area contributed by atoms with Crippen molar-refractivity contribution in [1.82, 2.24) is 4.90 Å². The molecule has 0 aliphatic carbocycles. The molecule has 3 aromatic rings. The molecule has 1 atom stereocenters. The first-order valence-corrected chi connectivity index (χ1v) is 11.3. The van der Waals surface area contributed by atoms with Crippen molar-refractivity contribution >= 4 is 5.97 Å². The second-order valence-corrected chi connectivity index (χ2v) is 8.08. The Morgan fingerprint density at radius 2 is 1.41 bits per heavy atom. The van der Waals surface area contributed by atoms with Gasteiger partial charge in [0.15, 0.2) is 11.5 Å². The normalized spacial score (nSPS) is 12.6. The molecule has 6 heteroatoms. The zero-order chi connectivity index (χ0) is 24.6. The maximum Gasteiger partial charge on any atom is 0.338 e. The molecule has 0 spiro atoms. The standard InChI is InChI=1S/C28H33NO5/c1-6-28(23-15-11-8-12-16-23,29(2)19-21-13-9-7-10-14-21)20-34-27(30)22-17-24(31-3)26(33-5)25(18-22)32-4/h7-18H,6,19-20H2,1-5H3/t28-/m0/s1. The van der Waals surface area contributed by atoms with E-state index in [2.05, 4.69) is 43.1 Å². The molecular weight excluding hydrogens is 430 g/mol. The van der Waals surface area contributed by atoms with E-state index in [0.717, 1.165) is 12.0 Å². The molecule has 0 radical (unpaired) electrons. The van der Waals surface area contributed by atoms with E-state index in [9.17, 15) is 4.79 Å². The maximum atomic E-state index is 13.2. The number of nitrogens with zero attached hydrogens (tertiary/aromatic N) is 1. The van der Waals surface area contributed by atoms with Crippen LogP contribution in [0.2, 0.25) is 0 Å². The van der Waals surface area contributed by atoms with Crippen LogP contribution in [-0.2, 0) is 16.8 Å². The highest BCUT2D eigenvalue weighted by atomic mass is 16.5. The number of likely N-dealkylation sites (N-methyl/N-ethyl adjacent to an activating group) is 1. The Balaban J connectivity index is 1.91. The molecule has 180 valence electrons. The predicted octanol–water partition coefficient (Wildman–Crippen LogP) is 5.31. The number of esters is 1. The fourth-order valence-electron chi connectivity index (χ4n) is 4.21. The molecule has 34 heavy (non-hydrogen) atoms. The van der Waals surface area contributed by atoms with Crippen molar-refractivity contribution in [1.29, 1.82) is 0 Å². The van der Waals surface area contributed by atoms with Crippen molar-refractivity contribution in [3.8, 4) is 17.2 Å². The summed E-state index contributed by atoms with van der Waals surface area (Å²) in [6, 6.07) is 23.7. The van der Waals surface area contributed by atoms with Crippen LogP contribution < -0.4 is 14.2 Å². The second kappa shape index (κ2) is 11.6. The maximum absolute atomic E-state index is 13.2. The van der Waals surface area contributed by atoms with Crippen LogP contribution in [0.1, 0.15) is 34.8 Å². The number of hydrogen-bond acceptors (Lipinski definition) is 6. The van der Waals surface area contributed by atoms with Crippen LogP contribution in [0, 0.1) is 0 Å². The first-order valence-electron chi connectivity index (χ1n) is 11.3. The van der Waals surface area contributed by atoms with Crippen LogP contribution in [0.5, 0.6) is 17.2 Å². The van der Waals surface area contributed by atoms with Gasteiger partial charge in [-0.1, -0.05) is 67.6 Å². The van der Waals surface area contributed by atoms with Gasteiger partial charge in [0.25, 0.3) is 0 Å². The van der Waals surface area contributed by atoms with E-state index in [4.69, 9.17) is 18.9 Å². The fraction of sp³-hybridized carbons (Fsp3) is 0.321. The summed E-state index contributed by atoms with van der Waals surface area (Å²) in [6.07, 6.45) is 0.753.